The minimum Gasteiger partial charge on any atom is -0.392 e. The smallest absolute Gasteiger partial charge is 0.224 e. The van der Waals surface area contributed by atoms with Crippen LogP contribution in [0.4, 0.5) is 0 Å². The summed E-state index contributed by atoms with van der Waals surface area (Å²) in [5, 5.41) is 3.32. The number of carbonyl (C=O) groups is 1. The molecule has 86 valence electrons. The van der Waals surface area contributed by atoms with Crippen LogP contribution in [-0.2, 0) is 11.2 Å². The molecular weight excluding hydrogens is 244 g/mol. The maximum Gasteiger partial charge on any atom is 0.224 e. The molecule has 0 fully saturated rings. The zero-order valence-electron chi connectivity index (χ0n) is 8.87. The van der Waals surface area contributed by atoms with Crippen molar-refractivity contribution in [2.24, 2.45) is 5.73 Å². The lowest BCUT2D eigenvalue weighted by atomic mass is 10.1. The van der Waals surface area contributed by atoms with E-state index in [1.807, 2.05) is 12.1 Å². The Kier molecular flexibility index (Phi) is 4.71. The molecule has 1 aromatic rings. The fourth-order valence-corrected chi connectivity index (χ4v) is 1.47. The first-order valence-corrected chi connectivity index (χ1v) is 5.61. The maximum absolute atomic E-state index is 11.6. The van der Waals surface area contributed by atoms with Crippen molar-refractivity contribution in [1.82, 2.24) is 5.32 Å². The first kappa shape index (κ1) is 12.9. The van der Waals surface area contributed by atoms with Crippen LogP contribution in [-0.4, -0.2) is 16.9 Å². The number of nitrogens with two attached hydrogens (primary N) is 1. The monoisotopic (exact) mass is 256 g/mol. The number of benzene rings is 1. The van der Waals surface area contributed by atoms with Crippen molar-refractivity contribution >= 4 is 34.7 Å². The number of hydrogen-bond acceptors (Lipinski definition) is 2. The van der Waals surface area contributed by atoms with Crippen LogP contribution in [0.2, 0.25) is 5.02 Å². The standard InChI is InChI=1S/C11H13ClN2OS/c1-7(11(13)16)14-10(15)6-8-3-2-4-9(12)5-8/h2-5,7H,6H2,1H3,(H2,13,16)(H,14,15). The van der Waals surface area contributed by atoms with Crippen LogP contribution >= 0.6 is 23.8 Å². The van der Waals surface area contributed by atoms with E-state index in [0.29, 0.717) is 5.02 Å². The quantitative estimate of drug-likeness (QED) is 0.806. The van der Waals surface area contributed by atoms with Crippen molar-refractivity contribution < 1.29 is 4.79 Å². The molecule has 0 saturated carbocycles. The van der Waals surface area contributed by atoms with Crippen molar-refractivity contribution in [3.05, 3.63) is 34.9 Å². The molecule has 1 amide bonds. The van der Waals surface area contributed by atoms with Crippen LogP contribution in [0.15, 0.2) is 24.3 Å². The molecule has 3 nitrogen and oxygen atoms in total. The molecule has 1 rings (SSSR count). The molecule has 0 aliphatic heterocycles. The van der Waals surface area contributed by atoms with Gasteiger partial charge in [0, 0.05) is 5.02 Å². The van der Waals surface area contributed by atoms with Gasteiger partial charge in [-0.25, -0.2) is 0 Å². The zero-order valence-corrected chi connectivity index (χ0v) is 10.4. The molecule has 0 spiro atoms. The fourth-order valence-electron chi connectivity index (χ4n) is 1.20. The van der Waals surface area contributed by atoms with E-state index in [-0.39, 0.29) is 23.4 Å². The van der Waals surface area contributed by atoms with Gasteiger partial charge in [0.1, 0.15) is 0 Å². The van der Waals surface area contributed by atoms with E-state index < -0.39 is 0 Å². The number of rotatable bonds is 4. The first-order chi connectivity index (χ1) is 7.49. The van der Waals surface area contributed by atoms with E-state index in [2.05, 4.69) is 5.32 Å². The highest BCUT2D eigenvalue weighted by molar-refractivity contribution is 7.80. The largest absolute Gasteiger partial charge is 0.392 e. The average Bonchev–Trinajstić information content (AvgIpc) is 2.16. The third-order valence-electron chi connectivity index (χ3n) is 2.06. The number of hydrogen-bond donors (Lipinski definition) is 2. The van der Waals surface area contributed by atoms with Gasteiger partial charge in [0.25, 0.3) is 0 Å². The lowest BCUT2D eigenvalue weighted by Gasteiger charge is -2.11. The minimum atomic E-state index is -0.290. The third kappa shape index (κ3) is 4.16. The van der Waals surface area contributed by atoms with Crippen LogP contribution in [0.3, 0.4) is 0 Å². The summed E-state index contributed by atoms with van der Waals surface area (Å²) in [5.74, 6) is -0.123. The molecule has 1 unspecified atom stereocenters. The summed E-state index contributed by atoms with van der Waals surface area (Å²) in [7, 11) is 0. The Bertz CT molecular complexity index is 409. The Hall–Kier alpha value is -1.13. The van der Waals surface area contributed by atoms with Crippen LogP contribution < -0.4 is 11.1 Å². The van der Waals surface area contributed by atoms with Gasteiger partial charge in [-0.2, -0.15) is 0 Å². The van der Waals surface area contributed by atoms with Crippen molar-refractivity contribution in [3.63, 3.8) is 0 Å². The molecule has 1 atom stereocenters. The van der Waals surface area contributed by atoms with E-state index in [4.69, 9.17) is 29.6 Å². The third-order valence-corrected chi connectivity index (χ3v) is 2.65. The van der Waals surface area contributed by atoms with Gasteiger partial charge in [0.05, 0.1) is 17.5 Å². The van der Waals surface area contributed by atoms with Crippen LogP contribution in [0.5, 0.6) is 0 Å². The summed E-state index contributed by atoms with van der Waals surface area (Å²) < 4.78 is 0. The van der Waals surface area contributed by atoms with Gasteiger partial charge in [-0.15, -0.1) is 0 Å². The van der Waals surface area contributed by atoms with E-state index in [0.717, 1.165) is 5.56 Å². The van der Waals surface area contributed by atoms with Crippen molar-refractivity contribution in [2.75, 3.05) is 0 Å². The molecule has 0 aromatic heterocycles. The second-order valence-corrected chi connectivity index (χ2v) is 4.41. The van der Waals surface area contributed by atoms with Crippen molar-refractivity contribution in [1.29, 1.82) is 0 Å². The highest BCUT2D eigenvalue weighted by Crippen LogP contribution is 2.10. The molecule has 0 saturated heterocycles. The second-order valence-electron chi connectivity index (χ2n) is 3.50. The molecule has 0 aliphatic rings. The summed E-state index contributed by atoms with van der Waals surface area (Å²) in [4.78, 5) is 11.8. The molecule has 0 aliphatic carbocycles. The molecule has 1 aromatic carbocycles. The lowest BCUT2D eigenvalue weighted by molar-refractivity contribution is -0.120. The Balaban J connectivity index is 2.55. The number of nitrogens with one attached hydrogen (secondary N) is 1. The summed E-state index contributed by atoms with van der Waals surface area (Å²) in [6, 6.07) is 6.88. The van der Waals surface area contributed by atoms with Gasteiger partial charge in [0.2, 0.25) is 5.91 Å². The van der Waals surface area contributed by atoms with Gasteiger partial charge in [-0.1, -0.05) is 36.0 Å². The summed E-state index contributed by atoms with van der Waals surface area (Å²) in [5.41, 5.74) is 6.26. The number of halogens is 1. The van der Waals surface area contributed by atoms with Crippen LogP contribution in [0.25, 0.3) is 0 Å². The molecule has 16 heavy (non-hydrogen) atoms. The normalized spacial score (nSPS) is 11.9. The van der Waals surface area contributed by atoms with Gasteiger partial charge >= 0.3 is 0 Å². The average molecular weight is 257 g/mol. The fraction of sp³-hybridized carbons (Fsp3) is 0.273. The van der Waals surface area contributed by atoms with Crippen LogP contribution in [0, 0.1) is 0 Å². The molecule has 0 radical (unpaired) electrons. The SMILES string of the molecule is CC(NC(=O)Cc1cccc(Cl)c1)C(N)=S. The van der Waals surface area contributed by atoms with Gasteiger partial charge in [-0.05, 0) is 24.6 Å². The highest BCUT2D eigenvalue weighted by atomic mass is 35.5. The van der Waals surface area contributed by atoms with Gasteiger partial charge in [-0.3, -0.25) is 4.79 Å². The first-order valence-electron chi connectivity index (χ1n) is 4.82. The topological polar surface area (TPSA) is 55.1 Å². The van der Waals surface area contributed by atoms with E-state index in [1.54, 1.807) is 19.1 Å². The van der Waals surface area contributed by atoms with Crippen molar-refractivity contribution in [2.45, 2.75) is 19.4 Å². The lowest BCUT2D eigenvalue weighted by Crippen LogP contribution is -2.41. The minimum absolute atomic E-state index is 0.123. The van der Waals surface area contributed by atoms with E-state index in [9.17, 15) is 4.79 Å². The Morgan fingerprint density at radius 3 is 2.88 bits per heavy atom. The second kappa shape index (κ2) is 5.82. The maximum atomic E-state index is 11.6. The van der Waals surface area contributed by atoms with E-state index >= 15 is 0 Å². The predicted molar refractivity (Wildman–Crippen MR) is 69.5 cm³/mol. The Morgan fingerprint density at radius 1 is 1.62 bits per heavy atom. The number of carbonyl (C=O) groups excluding carboxylic acids is 1. The molecule has 0 heterocycles. The van der Waals surface area contributed by atoms with E-state index in [1.165, 1.54) is 0 Å². The molecule has 3 N–H and O–H groups in total. The number of thiocarbonyl (C=S) groups is 1. The summed E-state index contributed by atoms with van der Waals surface area (Å²) in [6.07, 6.45) is 0.271. The Morgan fingerprint density at radius 2 is 2.31 bits per heavy atom. The predicted octanol–water partition coefficient (Wildman–Crippen LogP) is 1.67. The van der Waals surface area contributed by atoms with Crippen LogP contribution in [0.1, 0.15) is 12.5 Å². The summed E-state index contributed by atoms with van der Waals surface area (Å²) in [6.45, 7) is 1.75. The zero-order chi connectivity index (χ0) is 12.1. The molecule has 5 heteroatoms. The molecular formula is C11H13ClN2OS. The Labute approximate surface area is 105 Å². The van der Waals surface area contributed by atoms with Gasteiger partial charge < -0.3 is 11.1 Å². The number of amides is 1. The highest BCUT2D eigenvalue weighted by Gasteiger charge is 2.09. The molecule has 0 bridgehead atoms. The van der Waals surface area contributed by atoms with Crippen molar-refractivity contribution in [3.8, 4) is 0 Å². The van der Waals surface area contributed by atoms with Gasteiger partial charge in [0.15, 0.2) is 0 Å². The summed E-state index contributed by atoms with van der Waals surface area (Å²) >= 11 is 10.6.